The molecule has 39 heavy (non-hydrogen) atoms. The van der Waals surface area contributed by atoms with Crippen molar-refractivity contribution < 1.29 is 32.9 Å². The van der Waals surface area contributed by atoms with Gasteiger partial charge in [0.1, 0.15) is 5.75 Å². The average Bonchev–Trinajstić information content (AvgIpc) is 3.72. The number of rotatable bonds is 15. The summed E-state index contributed by atoms with van der Waals surface area (Å²) in [6, 6.07) is 2.34. The lowest BCUT2D eigenvalue weighted by Crippen LogP contribution is -2.37. The third kappa shape index (κ3) is 6.80. The Bertz CT molecular complexity index is 1060. The molecule has 7 fully saturated rings. The highest BCUT2D eigenvalue weighted by Crippen LogP contribution is 2.67. The molecule has 0 radical (unpaired) electrons. The van der Waals surface area contributed by atoms with Crippen molar-refractivity contribution >= 4 is 25.6 Å². The van der Waals surface area contributed by atoms with Gasteiger partial charge in [-0.3, -0.25) is 0 Å². The Balaban J connectivity index is 1.11. The summed E-state index contributed by atoms with van der Waals surface area (Å²) in [6.45, 7) is 9.29. The number of ether oxygens (including phenoxy) is 6. The Morgan fingerprint density at radius 3 is 2.00 bits per heavy atom. The standard InChI is InChI=1S/C26H38N3O7P3/c1-2-23-25(6-19-11-32-19)24(5-18-10-31-18)16(3-17-9-30-17)4-26(23)36-39-27-37-28(7-20-12-33-20)38(15-22-14-35-22)29(39)8-21-13-34-21/h4,17-22,27,37H,2-3,5-15H2,1H3. The van der Waals surface area contributed by atoms with Gasteiger partial charge in [-0.2, -0.15) is 4.44 Å². The quantitative estimate of drug-likeness (QED) is 0.240. The number of hydrogen-bond donors (Lipinski definition) is 1. The van der Waals surface area contributed by atoms with Gasteiger partial charge in [0.05, 0.1) is 84.5 Å². The summed E-state index contributed by atoms with van der Waals surface area (Å²) in [5, 5.41) is 0. The van der Waals surface area contributed by atoms with E-state index in [-0.39, 0.29) is 0 Å². The molecule has 1 N–H and O–H groups in total. The van der Waals surface area contributed by atoms with Crippen LogP contribution in [0.1, 0.15) is 29.2 Å². The molecule has 214 valence electrons. The second-order valence-electron chi connectivity index (χ2n) is 11.4. The fraction of sp³-hybridized carbons (Fsp3) is 0.769. The molecule has 7 saturated heterocycles. The van der Waals surface area contributed by atoms with Crippen molar-refractivity contribution in [3.63, 3.8) is 0 Å². The molecule has 0 aromatic heterocycles. The molecule has 0 amide bonds. The number of nitrogens with one attached hydrogen (secondary N) is 1. The second kappa shape index (κ2) is 11.2. The molecule has 1 aromatic carbocycles. The minimum atomic E-state index is -1.03. The fourth-order valence-corrected chi connectivity index (χ4v) is 13.3. The van der Waals surface area contributed by atoms with Crippen molar-refractivity contribution in [2.24, 2.45) is 0 Å². The van der Waals surface area contributed by atoms with Crippen LogP contribution in [0.25, 0.3) is 0 Å². The highest BCUT2D eigenvalue weighted by Gasteiger charge is 2.46. The molecule has 7 heterocycles. The predicted molar refractivity (Wildman–Crippen MR) is 150 cm³/mol. The lowest BCUT2D eigenvalue weighted by molar-refractivity contribution is 0.369. The molecule has 0 spiro atoms. The highest BCUT2D eigenvalue weighted by molar-refractivity contribution is 7.76. The Morgan fingerprint density at radius 1 is 0.795 bits per heavy atom. The van der Waals surface area contributed by atoms with E-state index in [4.69, 9.17) is 32.9 Å². The Morgan fingerprint density at radius 2 is 1.38 bits per heavy atom. The first-order valence-corrected chi connectivity index (χ1v) is 18.0. The molecule has 8 rings (SSSR count). The van der Waals surface area contributed by atoms with Crippen molar-refractivity contribution in [2.45, 2.75) is 69.2 Å². The van der Waals surface area contributed by atoms with Crippen LogP contribution in [0.3, 0.4) is 0 Å². The van der Waals surface area contributed by atoms with E-state index in [1.165, 1.54) is 22.3 Å². The van der Waals surface area contributed by atoms with Gasteiger partial charge in [-0.1, -0.05) is 6.92 Å². The van der Waals surface area contributed by atoms with Gasteiger partial charge in [0, 0.05) is 47.4 Å². The fourth-order valence-electron chi connectivity index (χ4n) is 5.44. The van der Waals surface area contributed by atoms with Gasteiger partial charge < -0.3 is 32.9 Å². The van der Waals surface area contributed by atoms with Gasteiger partial charge in [0.2, 0.25) is 0 Å². The van der Waals surface area contributed by atoms with Crippen LogP contribution in [0.15, 0.2) is 6.07 Å². The Labute approximate surface area is 234 Å². The Kier molecular flexibility index (Phi) is 7.64. The zero-order valence-electron chi connectivity index (χ0n) is 22.4. The van der Waals surface area contributed by atoms with Gasteiger partial charge >= 0.3 is 0 Å². The van der Waals surface area contributed by atoms with Crippen molar-refractivity contribution in [3.8, 4) is 5.75 Å². The van der Waals surface area contributed by atoms with Crippen molar-refractivity contribution in [3.05, 3.63) is 28.3 Å². The monoisotopic (exact) mass is 597 g/mol. The van der Waals surface area contributed by atoms with Crippen LogP contribution in [0, 0.1) is 0 Å². The number of epoxide rings is 6. The summed E-state index contributed by atoms with van der Waals surface area (Å²) in [7, 11) is -1.08. The maximum atomic E-state index is 7.12. The first-order chi connectivity index (χ1) is 19.2. The molecule has 1 aromatic rings. The summed E-state index contributed by atoms with van der Waals surface area (Å²) in [5.41, 5.74) is 5.58. The molecule has 10 nitrogen and oxygen atoms in total. The summed E-state index contributed by atoms with van der Waals surface area (Å²) < 4.78 is 46.5. The van der Waals surface area contributed by atoms with Crippen LogP contribution in [0.2, 0.25) is 0 Å². The third-order valence-corrected chi connectivity index (χ3v) is 14.9. The van der Waals surface area contributed by atoms with Gasteiger partial charge in [-0.05, 0) is 34.7 Å². The smallest absolute Gasteiger partial charge is 0.254 e. The van der Waals surface area contributed by atoms with Gasteiger partial charge in [-0.25, -0.2) is 9.30 Å². The van der Waals surface area contributed by atoms with Crippen LogP contribution in [-0.2, 0) is 54.1 Å². The van der Waals surface area contributed by atoms with Crippen LogP contribution < -0.4 is 9.38 Å². The normalized spacial score (nSPS) is 39.1. The molecule has 0 bridgehead atoms. The molecule has 7 aliphatic heterocycles. The SMILES string of the molecule is CCc1c(OP2NPN(CC3CO3)P(CC3CO3)N2CC2CO2)cc(CC2CO2)c(CC2CO2)c1CC1CO1. The van der Waals surface area contributed by atoms with Crippen molar-refractivity contribution in [1.82, 2.24) is 13.7 Å². The van der Waals surface area contributed by atoms with Crippen LogP contribution >= 0.6 is 25.6 Å². The van der Waals surface area contributed by atoms with E-state index < -0.39 is 16.7 Å². The molecule has 7 aliphatic rings. The molecule has 9 unspecified atom stereocenters. The Hall–Kier alpha value is -0.0500. The van der Waals surface area contributed by atoms with Crippen LogP contribution in [0.4, 0.5) is 0 Å². The molecule has 0 saturated carbocycles. The number of benzene rings is 1. The van der Waals surface area contributed by atoms with Crippen molar-refractivity contribution in [2.75, 3.05) is 58.9 Å². The van der Waals surface area contributed by atoms with E-state index in [1.54, 1.807) is 0 Å². The summed E-state index contributed by atoms with van der Waals surface area (Å²) in [5.74, 6) is 1.03. The lowest BCUT2D eigenvalue weighted by atomic mass is 9.87. The molecular formula is C26H38N3O7P3. The molecule has 0 aliphatic carbocycles. The minimum absolute atomic E-state index is 0.294. The predicted octanol–water partition coefficient (Wildman–Crippen LogP) is 2.90. The summed E-state index contributed by atoms with van der Waals surface area (Å²) >= 11 is 0. The number of nitrogens with zero attached hydrogens (tertiary/aromatic N) is 2. The zero-order chi connectivity index (χ0) is 25.9. The first-order valence-electron chi connectivity index (χ1n) is 14.4. The van der Waals surface area contributed by atoms with Gasteiger partial charge in [0.25, 0.3) is 8.45 Å². The largest absolute Gasteiger partial charge is 0.444 e. The van der Waals surface area contributed by atoms with E-state index in [0.717, 1.165) is 90.3 Å². The van der Waals surface area contributed by atoms with Crippen LogP contribution in [0.5, 0.6) is 5.75 Å². The summed E-state index contributed by atoms with van der Waals surface area (Å²) in [6.07, 6.45) is 6.87. The van der Waals surface area contributed by atoms with Crippen molar-refractivity contribution in [1.29, 1.82) is 0 Å². The third-order valence-electron chi connectivity index (χ3n) is 8.12. The van der Waals surface area contributed by atoms with Gasteiger partial charge in [0.15, 0.2) is 0 Å². The van der Waals surface area contributed by atoms with E-state index >= 15 is 0 Å². The molecule has 9 atom stereocenters. The zero-order valence-corrected chi connectivity index (χ0v) is 25.2. The first kappa shape index (κ1) is 26.6. The van der Waals surface area contributed by atoms with E-state index in [9.17, 15) is 0 Å². The highest BCUT2D eigenvalue weighted by atomic mass is 31.3. The van der Waals surface area contributed by atoms with Crippen LogP contribution in [-0.4, -0.2) is 104 Å². The maximum absolute atomic E-state index is 7.12. The minimum Gasteiger partial charge on any atom is -0.444 e. The van der Waals surface area contributed by atoms with E-state index in [0.29, 0.717) is 45.5 Å². The lowest BCUT2D eigenvalue weighted by Gasteiger charge is -2.46. The molecular weight excluding hydrogens is 559 g/mol. The topological polar surface area (TPSA) is 103 Å². The number of hydrogen-bond acceptors (Lipinski definition) is 10. The van der Waals surface area contributed by atoms with E-state index in [1.807, 2.05) is 0 Å². The van der Waals surface area contributed by atoms with E-state index in [2.05, 4.69) is 26.7 Å². The van der Waals surface area contributed by atoms with Gasteiger partial charge in [-0.15, -0.1) is 0 Å². The average molecular weight is 598 g/mol. The second-order valence-corrected chi connectivity index (χ2v) is 17.1. The maximum Gasteiger partial charge on any atom is 0.254 e. The molecule has 13 heteroatoms. The summed E-state index contributed by atoms with van der Waals surface area (Å²) in [4.78, 5) is 3.83.